The fraction of sp³-hybridized carbons (Fsp3) is 0.464. The Bertz CT molecular complexity index is 3300. The van der Waals surface area contributed by atoms with Crippen molar-refractivity contribution in [3.63, 3.8) is 0 Å². The number of aromatic nitrogens is 2. The van der Waals surface area contributed by atoms with Crippen molar-refractivity contribution in [2.75, 3.05) is 32.8 Å². The number of hydrogen-bond donors (Lipinski definition) is 4. The SMILES string of the molecule is CCC(CC)CN(C[C@@H](O)C(Cc1ccccc1)NC(=O)O[C@H]1CCOC1=O)S(=O)(=O)c1ccc2nc(C3C[C@@H](OC(=O)NC(Cc4ccccc4)[C@H](O)CN(CC(CC)CC)S(=O)(=O)c4ccc5ncsc5c4)C(=O)O3)sc2c1. The van der Waals surface area contributed by atoms with Gasteiger partial charge in [0, 0.05) is 39.0 Å². The second-order valence-electron chi connectivity index (χ2n) is 20.1. The minimum absolute atomic E-state index is 0.0244. The third-order valence-corrected chi connectivity index (χ3v) is 20.3. The number of benzene rings is 4. The summed E-state index contributed by atoms with van der Waals surface area (Å²) in [6, 6.07) is 25.1. The molecule has 2 fully saturated rings. The standard InChI is InChI=1S/C56H68N6O14S4/c1-5-35(6-2)30-61(79(69,70)39-19-21-41-50(27-39)77-34-57-41)32-46(64)44(26-38-17-13-10-14-18-38)60-56(68)76-49-29-48(74-54(49)66)52-58-42-22-20-40(28-51(42)78-52)80(71,72)62(31-36(7-3)8-4)33-45(63)43(25-37-15-11-9-12-16-37)59-55(67)75-47-23-24-73-53(47)65/h9-22,27-28,34-36,43-49,63-64H,5-8,23-26,29-33H2,1-4H3,(H,59,67)(H,60,68)/t43?,44?,45-,46-,47+,48?,49-/m1/s1. The summed E-state index contributed by atoms with van der Waals surface area (Å²) in [6.07, 6.45) is -5.44. The Labute approximate surface area is 473 Å². The number of aliphatic hydroxyl groups is 2. The first-order valence-corrected chi connectivity index (χ1v) is 31.5. The topological polar surface area (TPSA) is 270 Å². The van der Waals surface area contributed by atoms with Gasteiger partial charge in [0.1, 0.15) is 5.01 Å². The summed E-state index contributed by atoms with van der Waals surface area (Å²) in [5, 5.41) is 29.5. The molecule has 24 heteroatoms. The zero-order valence-corrected chi connectivity index (χ0v) is 48.2. The minimum atomic E-state index is -4.34. The van der Waals surface area contributed by atoms with Crippen LogP contribution >= 0.6 is 22.7 Å². The predicted molar refractivity (Wildman–Crippen MR) is 301 cm³/mol. The fourth-order valence-electron chi connectivity index (χ4n) is 9.72. The molecule has 0 spiro atoms. The Hall–Kier alpha value is -6.12. The van der Waals surface area contributed by atoms with Gasteiger partial charge < -0.3 is 39.8 Å². The molecular formula is C56H68N6O14S4. The van der Waals surface area contributed by atoms with Crippen molar-refractivity contribution in [3.8, 4) is 0 Å². The number of ether oxygens (including phenoxy) is 4. The zero-order valence-electron chi connectivity index (χ0n) is 44.9. The molecule has 6 aromatic rings. The van der Waals surface area contributed by atoms with E-state index in [0.717, 1.165) is 22.5 Å². The monoisotopic (exact) mass is 1180 g/mol. The quantitative estimate of drug-likeness (QED) is 0.0287. The maximum atomic E-state index is 14.7. The number of thiazole rings is 2. The molecule has 4 aromatic carbocycles. The molecular weight excluding hydrogens is 1110 g/mol. The van der Waals surface area contributed by atoms with Gasteiger partial charge in [-0.1, -0.05) is 114 Å². The van der Waals surface area contributed by atoms with E-state index < -0.39 is 93.3 Å². The van der Waals surface area contributed by atoms with Crippen molar-refractivity contribution in [3.05, 3.63) is 119 Å². The Morgan fingerprint density at radius 3 is 1.68 bits per heavy atom. The van der Waals surface area contributed by atoms with Crippen LogP contribution in [0.15, 0.2) is 112 Å². The second kappa shape index (κ2) is 27.1. The lowest BCUT2D eigenvalue weighted by molar-refractivity contribution is -0.147. The number of esters is 2. The highest BCUT2D eigenvalue weighted by atomic mass is 32.2. The number of fused-ring (bicyclic) bond motifs is 2. The highest BCUT2D eigenvalue weighted by molar-refractivity contribution is 7.89. The number of hydrogen-bond acceptors (Lipinski definition) is 18. The van der Waals surface area contributed by atoms with E-state index in [1.807, 2.05) is 52.0 Å². The normalized spacial score (nSPS) is 18.4. The molecule has 80 heavy (non-hydrogen) atoms. The summed E-state index contributed by atoms with van der Waals surface area (Å²) in [6.45, 7) is 7.34. The van der Waals surface area contributed by atoms with Gasteiger partial charge in [0.2, 0.25) is 32.3 Å². The van der Waals surface area contributed by atoms with Gasteiger partial charge in [-0.05, 0) is 72.2 Å². The molecule has 4 heterocycles. The fourth-order valence-corrected chi connectivity index (χ4v) is 14.8. The van der Waals surface area contributed by atoms with Gasteiger partial charge >= 0.3 is 24.1 Å². The highest BCUT2D eigenvalue weighted by Crippen LogP contribution is 2.37. The predicted octanol–water partition coefficient (Wildman–Crippen LogP) is 7.53. The third-order valence-electron chi connectivity index (χ3n) is 14.7. The Morgan fingerprint density at radius 1 is 0.675 bits per heavy atom. The van der Waals surface area contributed by atoms with E-state index in [2.05, 4.69) is 20.6 Å². The van der Waals surface area contributed by atoms with Crippen LogP contribution in [0.3, 0.4) is 0 Å². The first-order valence-electron chi connectivity index (χ1n) is 26.9. The third kappa shape index (κ3) is 14.9. The van der Waals surface area contributed by atoms with E-state index in [1.54, 1.807) is 54.0 Å². The summed E-state index contributed by atoms with van der Waals surface area (Å²) < 4.78 is 83.4. The zero-order chi connectivity index (χ0) is 57.1. The number of nitrogens with one attached hydrogen (secondary N) is 2. The van der Waals surface area contributed by atoms with E-state index in [1.165, 1.54) is 44.2 Å². The van der Waals surface area contributed by atoms with Crippen molar-refractivity contribution < 1.29 is 65.2 Å². The lowest BCUT2D eigenvalue weighted by Gasteiger charge is -2.31. The van der Waals surface area contributed by atoms with Crippen LogP contribution in [0.1, 0.15) is 88.5 Å². The van der Waals surface area contributed by atoms with Gasteiger partial charge in [-0.2, -0.15) is 8.61 Å². The van der Waals surface area contributed by atoms with Gasteiger partial charge in [0.05, 0.1) is 66.6 Å². The Kier molecular flexibility index (Phi) is 20.3. The molecule has 4 N–H and O–H groups in total. The van der Waals surface area contributed by atoms with Crippen molar-refractivity contribution in [1.82, 2.24) is 29.2 Å². The van der Waals surface area contributed by atoms with E-state index in [0.29, 0.717) is 51.1 Å². The van der Waals surface area contributed by atoms with Crippen LogP contribution in [0.25, 0.3) is 20.4 Å². The highest BCUT2D eigenvalue weighted by Gasteiger charge is 2.42. The molecule has 2 amide bonds. The number of rotatable bonds is 27. The Morgan fingerprint density at radius 2 is 1.18 bits per heavy atom. The first kappa shape index (κ1) is 60.0. The average Bonchev–Trinajstić information content (AvgIpc) is 4.28. The molecule has 3 unspecified atom stereocenters. The van der Waals surface area contributed by atoms with Gasteiger partial charge in [-0.3, -0.25) is 0 Å². The molecule has 7 atom stereocenters. The number of alkyl carbamates (subject to hydrolysis) is 2. The van der Waals surface area contributed by atoms with Crippen LogP contribution in [-0.4, -0.2) is 139 Å². The van der Waals surface area contributed by atoms with Crippen LogP contribution in [-0.2, 0) is 61.4 Å². The van der Waals surface area contributed by atoms with Gasteiger partial charge in [-0.25, -0.2) is 46.0 Å². The van der Waals surface area contributed by atoms with Gasteiger partial charge in [-0.15, -0.1) is 22.7 Å². The molecule has 0 bridgehead atoms. The van der Waals surface area contributed by atoms with Crippen LogP contribution in [0.5, 0.6) is 0 Å². The van der Waals surface area contributed by atoms with Crippen LogP contribution < -0.4 is 10.6 Å². The number of amides is 2. The minimum Gasteiger partial charge on any atom is -0.463 e. The molecule has 2 aromatic heterocycles. The molecule has 0 saturated carbocycles. The number of nitrogens with zero attached hydrogens (tertiary/aromatic N) is 4. The second-order valence-corrected chi connectivity index (χ2v) is 25.9. The van der Waals surface area contributed by atoms with Crippen molar-refractivity contribution in [2.24, 2.45) is 11.8 Å². The maximum absolute atomic E-state index is 14.7. The van der Waals surface area contributed by atoms with Gasteiger partial charge in [0.15, 0.2) is 6.10 Å². The Balaban J connectivity index is 0.965. The van der Waals surface area contributed by atoms with Crippen LogP contribution in [0, 0.1) is 11.8 Å². The summed E-state index contributed by atoms with van der Waals surface area (Å²) in [7, 11) is -8.49. The number of carbonyl (C=O) groups excluding carboxylic acids is 4. The lowest BCUT2D eigenvalue weighted by atomic mass is 10.0. The van der Waals surface area contributed by atoms with Crippen LogP contribution in [0.4, 0.5) is 9.59 Å². The van der Waals surface area contributed by atoms with Crippen LogP contribution in [0.2, 0.25) is 0 Å². The number of sulfonamides is 2. The molecule has 430 valence electrons. The smallest absolute Gasteiger partial charge is 0.408 e. The average molecular weight is 1180 g/mol. The largest absolute Gasteiger partial charge is 0.463 e. The summed E-state index contributed by atoms with van der Waals surface area (Å²) in [5.74, 6) is -1.63. The molecule has 8 rings (SSSR count). The van der Waals surface area contributed by atoms with E-state index in [4.69, 9.17) is 18.9 Å². The molecule has 20 nitrogen and oxygen atoms in total. The number of aliphatic hydroxyl groups excluding tert-OH is 2. The molecule has 0 aliphatic carbocycles. The molecule has 0 radical (unpaired) electrons. The van der Waals surface area contributed by atoms with E-state index >= 15 is 0 Å². The first-order chi connectivity index (χ1) is 38.4. The molecule has 2 aliphatic heterocycles. The summed E-state index contributed by atoms with van der Waals surface area (Å²) in [5.41, 5.74) is 4.20. The summed E-state index contributed by atoms with van der Waals surface area (Å²) >= 11 is 2.41. The maximum Gasteiger partial charge on any atom is 0.408 e. The van der Waals surface area contributed by atoms with E-state index in [-0.39, 0.29) is 73.6 Å². The van der Waals surface area contributed by atoms with Gasteiger partial charge in [0.25, 0.3) is 0 Å². The summed E-state index contributed by atoms with van der Waals surface area (Å²) in [4.78, 5) is 61.3. The van der Waals surface area contributed by atoms with Crippen molar-refractivity contribution in [2.45, 2.75) is 131 Å². The molecule has 2 saturated heterocycles. The van der Waals surface area contributed by atoms with Crippen molar-refractivity contribution in [1.29, 1.82) is 0 Å². The lowest BCUT2D eigenvalue weighted by Crippen LogP contribution is -2.51. The van der Waals surface area contributed by atoms with Crippen molar-refractivity contribution >= 4 is 87.3 Å². The number of cyclic esters (lactones) is 2. The van der Waals surface area contributed by atoms with E-state index in [9.17, 15) is 46.2 Å². The number of carbonyl (C=O) groups is 4. The molecule has 2 aliphatic rings.